The van der Waals surface area contributed by atoms with Crippen molar-refractivity contribution in [1.29, 1.82) is 0 Å². The Morgan fingerprint density at radius 2 is 1.18 bits per heavy atom. The van der Waals surface area contributed by atoms with E-state index < -0.39 is 0 Å². The molecule has 1 heteroatoms. The molecule has 186 valence electrons. The lowest BCUT2D eigenvalue weighted by Gasteiger charge is -2.46. The lowest BCUT2D eigenvalue weighted by Crippen LogP contribution is -2.41. The fourth-order valence-corrected chi connectivity index (χ4v) is 9.95. The van der Waals surface area contributed by atoms with Crippen molar-refractivity contribution < 1.29 is 0 Å². The van der Waals surface area contributed by atoms with E-state index in [4.69, 9.17) is 0 Å². The molecular weight excluding hydrogens is 500 g/mol. The molecule has 1 aromatic heterocycles. The molecule has 0 fully saturated rings. The zero-order valence-electron chi connectivity index (χ0n) is 22.0. The summed E-state index contributed by atoms with van der Waals surface area (Å²) in [5, 5.41) is 2.73. The molecule has 0 saturated carbocycles. The first-order valence-corrected chi connectivity index (χ1v) is 14.9. The van der Waals surface area contributed by atoms with Crippen LogP contribution in [0.4, 0.5) is 0 Å². The molecule has 3 aliphatic rings. The molecule has 0 aliphatic heterocycles. The van der Waals surface area contributed by atoms with E-state index in [2.05, 4.69) is 134 Å². The molecule has 10 rings (SSSR count). The summed E-state index contributed by atoms with van der Waals surface area (Å²) in [4.78, 5) is 0. The number of hydrogen-bond acceptors (Lipinski definition) is 1. The van der Waals surface area contributed by atoms with E-state index in [0.717, 1.165) is 0 Å². The summed E-state index contributed by atoms with van der Waals surface area (Å²) in [6, 6.07) is 48.3. The molecule has 1 heterocycles. The number of thiophene rings is 1. The number of benzene rings is 6. The minimum absolute atomic E-state index is 0.201. The van der Waals surface area contributed by atoms with Crippen LogP contribution in [0.5, 0.6) is 0 Å². The number of rotatable bonds is 1. The summed E-state index contributed by atoms with van der Waals surface area (Å²) in [5.41, 5.74) is 15.1. The predicted octanol–water partition coefficient (Wildman–Crippen LogP) is 10.1. The average molecular weight is 525 g/mol. The summed E-state index contributed by atoms with van der Waals surface area (Å²) in [5.74, 6) is 0. The first-order valence-electron chi connectivity index (χ1n) is 14.1. The summed E-state index contributed by atoms with van der Waals surface area (Å²) >= 11 is 1.95. The van der Waals surface area contributed by atoms with E-state index in [1.165, 1.54) is 81.4 Å². The molecule has 0 bridgehead atoms. The fraction of sp³-hybridized carbons (Fsp3) is 0.0769. The van der Waals surface area contributed by atoms with Crippen LogP contribution in [0.3, 0.4) is 0 Å². The number of hydrogen-bond donors (Lipinski definition) is 0. The highest BCUT2D eigenvalue weighted by molar-refractivity contribution is 7.26. The minimum Gasteiger partial charge on any atom is -0.135 e. The third kappa shape index (κ3) is 2.15. The summed E-state index contributed by atoms with van der Waals surface area (Å²) in [7, 11) is 0. The van der Waals surface area contributed by atoms with Gasteiger partial charge in [-0.1, -0.05) is 121 Å². The second-order valence-corrected chi connectivity index (χ2v) is 12.8. The Hall–Kier alpha value is -4.46. The fourth-order valence-electron chi connectivity index (χ4n) is 8.69. The van der Waals surface area contributed by atoms with Gasteiger partial charge in [0.15, 0.2) is 0 Å². The van der Waals surface area contributed by atoms with Crippen LogP contribution in [0.1, 0.15) is 45.9 Å². The first kappa shape index (κ1) is 21.4. The van der Waals surface area contributed by atoms with E-state index in [0.29, 0.717) is 0 Å². The van der Waals surface area contributed by atoms with E-state index in [1.807, 2.05) is 11.3 Å². The van der Waals surface area contributed by atoms with Gasteiger partial charge in [0.05, 0.1) is 5.41 Å². The molecular formula is C39H24S. The minimum atomic E-state index is -0.361. The second kappa shape index (κ2) is 6.99. The lowest BCUT2D eigenvalue weighted by atomic mass is 9.55. The lowest BCUT2D eigenvalue weighted by molar-refractivity contribution is 0.611. The standard InChI is InChI=1S/C39H24S/c1-38-29-15-7-5-13-24(29)26-19-20-28-34-32(22-21-27-25-14-6-10-18-33(25)40-37(27)34)39(36(28)35(26)38,23-11-3-2-4-12-23)31-17-9-8-16-30(31)38/h2-22H,1H3. The maximum absolute atomic E-state index is 2.48. The largest absolute Gasteiger partial charge is 0.135 e. The highest BCUT2D eigenvalue weighted by atomic mass is 32.1. The molecule has 0 spiro atoms. The highest BCUT2D eigenvalue weighted by Gasteiger charge is 2.58. The Bertz CT molecular complexity index is 2230. The Morgan fingerprint density at radius 1 is 0.475 bits per heavy atom. The van der Waals surface area contributed by atoms with Crippen LogP contribution in [-0.2, 0) is 10.8 Å². The van der Waals surface area contributed by atoms with Crippen molar-refractivity contribution in [2.75, 3.05) is 0 Å². The highest BCUT2D eigenvalue weighted by Crippen LogP contribution is 2.69. The van der Waals surface area contributed by atoms with Gasteiger partial charge in [-0.25, -0.2) is 0 Å². The predicted molar refractivity (Wildman–Crippen MR) is 168 cm³/mol. The van der Waals surface area contributed by atoms with Crippen molar-refractivity contribution in [3.63, 3.8) is 0 Å². The van der Waals surface area contributed by atoms with Gasteiger partial charge in [-0.05, 0) is 68.6 Å². The van der Waals surface area contributed by atoms with Crippen LogP contribution >= 0.6 is 11.3 Å². The Kier molecular flexibility index (Phi) is 3.74. The van der Waals surface area contributed by atoms with Crippen LogP contribution in [0.2, 0.25) is 0 Å². The summed E-state index contributed by atoms with van der Waals surface area (Å²) < 4.78 is 2.77. The van der Waals surface area contributed by atoms with E-state index in [-0.39, 0.29) is 10.8 Å². The monoisotopic (exact) mass is 524 g/mol. The van der Waals surface area contributed by atoms with Crippen LogP contribution in [0.25, 0.3) is 42.4 Å². The van der Waals surface area contributed by atoms with E-state index >= 15 is 0 Å². The van der Waals surface area contributed by atoms with Gasteiger partial charge in [0.25, 0.3) is 0 Å². The van der Waals surface area contributed by atoms with E-state index in [9.17, 15) is 0 Å². The molecule has 7 aromatic rings. The zero-order chi connectivity index (χ0) is 26.2. The Morgan fingerprint density at radius 3 is 2.05 bits per heavy atom. The van der Waals surface area contributed by atoms with Crippen molar-refractivity contribution in [3.8, 4) is 22.3 Å². The van der Waals surface area contributed by atoms with Crippen LogP contribution in [0, 0.1) is 0 Å². The Balaban J connectivity index is 1.49. The SMILES string of the molecule is CC12c3ccccc3-c3ccc4c(c31)C(c1ccccc1)(c1ccccc12)c1ccc2c(sc3ccccc32)c1-4. The molecule has 0 amide bonds. The van der Waals surface area contributed by atoms with Gasteiger partial charge >= 0.3 is 0 Å². The number of fused-ring (bicyclic) bond motifs is 13. The molecule has 2 unspecified atom stereocenters. The maximum Gasteiger partial charge on any atom is 0.0720 e. The van der Waals surface area contributed by atoms with Gasteiger partial charge in [-0.3, -0.25) is 0 Å². The third-order valence-electron chi connectivity index (χ3n) is 10.1. The molecule has 0 nitrogen and oxygen atoms in total. The second-order valence-electron chi connectivity index (χ2n) is 11.7. The van der Waals surface area contributed by atoms with Gasteiger partial charge in [0, 0.05) is 31.2 Å². The molecule has 40 heavy (non-hydrogen) atoms. The van der Waals surface area contributed by atoms with Gasteiger partial charge in [-0.15, -0.1) is 11.3 Å². The van der Waals surface area contributed by atoms with Crippen LogP contribution in [0.15, 0.2) is 127 Å². The third-order valence-corrected chi connectivity index (χ3v) is 11.3. The van der Waals surface area contributed by atoms with Crippen LogP contribution < -0.4 is 0 Å². The van der Waals surface area contributed by atoms with Crippen molar-refractivity contribution >= 4 is 31.5 Å². The maximum atomic E-state index is 2.48. The average Bonchev–Trinajstić information content (AvgIpc) is 3.63. The van der Waals surface area contributed by atoms with Crippen molar-refractivity contribution in [2.24, 2.45) is 0 Å². The van der Waals surface area contributed by atoms with Crippen molar-refractivity contribution in [1.82, 2.24) is 0 Å². The van der Waals surface area contributed by atoms with Crippen molar-refractivity contribution in [3.05, 3.63) is 166 Å². The van der Waals surface area contributed by atoms with Crippen LogP contribution in [-0.4, -0.2) is 0 Å². The molecule has 0 radical (unpaired) electrons. The molecule has 0 N–H and O–H groups in total. The zero-order valence-corrected chi connectivity index (χ0v) is 22.8. The summed E-state index contributed by atoms with van der Waals surface area (Å²) in [6.07, 6.45) is 0. The van der Waals surface area contributed by atoms with Gasteiger partial charge in [0.1, 0.15) is 0 Å². The normalized spacial score (nSPS) is 20.8. The van der Waals surface area contributed by atoms with Gasteiger partial charge in [0.2, 0.25) is 0 Å². The Labute approximate surface area is 237 Å². The smallest absolute Gasteiger partial charge is 0.0720 e. The molecule has 0 saturated heterocycles. The quantitative estimate of drug-likeness (QED) is 0.200. The van der Waals surface area contributed by atoms with Gasteiger partial charge in [-0.2, -0.15) is 0 Å². The van der Waals surface area contributed by atoms with Crippen molar-refractivity contribution in [2.45, 2.75) is 17.8 Å². The first-order chi connectivity index (χ1) is 19.7. The van der Waals surface area contributed by atoms with E-state index in [1.54, 1.807) is 0 Å². The molecule has 6 aromatic carbocycles. The summed E-state index contributed by atoms with van der Waals surface area (Å²) in [6.45, 7) is 2.48. The molecule has 2 atom stereocenters. The molecule has 3 aliphatic carbocycles. The topological polar surface area (TPSA) is 0 Å². The van der Waals surface area contributed by atoms with Gasteiger partial charge < -0.3 is 0 Å².